The number of aryl methyl sites for hydroxylation is 1. The van der Waals surface area contributed by atoms with E-state index in [-0.39, 0.29) is 12.5 Å². The minimum atomic E-state index is 0.0555. The Morgan fingerprint density at radius 3 is 3.18 bits per heavy atom. The highest BCUT2D eigenvalue weighted by molar-refractivity contribution is 5.95. The van der Waals surface area contributed by atoms with Gasteiger partial charge in [-0.1, -0.05) is 0 Å². The molecule has 1 aromatic carbocycles. The summed E-state index contributed by atoms with van der Waals surface area (Å²) in [5.74, 6) is 0.0555. The summed E-state index contributed by atoms with van der Waals surface area (Å²) in [4.78, 5) is 13.6. The monoisotopic (exact) mass is 232 g/mol. The first-order valence-corrected chi connectivity index (χ1v) is 6.09. The topological polar surface area (TPSA) is 41.6 Å². The summed E-state index contributed by atoms with van der Waals surface area (Å²) in [7, 11) is 0. The van der Waals surface area contributed by atoms with Crippen molar-refractivity contribution < 1.29 is 9.53 Å². The van der Waals surface area contributed by atoms with E-state index in [4.69, 9.17) is 4.74 Å². The number of carbonyl (C=O) groups excluding carboxylic acids is 1. The van der Waals surface area contributed by atoms with Crippen LogP contribution in [0.25, 0.3) is 0 Å². The maximum Gasteiger partial charge on any atom is 0.253 e. The molecule has 17 heavy (non-hydrogen) atoms. The number of rotatable bonds is 1. The first-order chi connectivity index (χ1) is 8.34. The number of morpholine rings is 1. The third-order valence-corrected chi connectivity index (χ3v) is 3.32. The van der Waals surface area contributed by atoms with Gasteiger partial charge in [0.25, 0.3) is 5.91 Å². The molecule has 0 aromatic heterocycles. The van der Waals surface area contributed by atoms with E-state index >= 15 is 0 Å². The van der Waals surface area contributed by atoms with Crippen LogP contribution in [0.3, 0.4) is 0 Å². The van der Waals surface area contributed by atoms with Crippen molar-refractivity contribution in [3.63, 3.8) is 0 Å². The van der Waals surface area contributed by atoms with E-state index in [9.17, 15) is 4.79 Å². The molecule has 90 valence electrons. The molecule has 0 saturated carbocycles. The SMILES string of the molecule is O=C1COCCN1c1ccc2c(c1)CCCN2. The van der Waals surface area contributed by atoms with E-state index in [0.717, 1.165) is 25.1 Å². The number of nitrogens with one attached hydrogen (secondary N) is 1. The Balaban J connectivity index is 1.89. The number of fused-ring (bicyclic) bond motifs is 1. The molecule has 1 aromatic rings. The molecule has 0 bridgehead atoms. The molecule has 3 rings (SSSR count). The zero-order valence-electron chi connectivity index (χ0n) is 9.74. The van der Waals surface area contributed by atoms with Crippen LogP contribution in [0, 0.1) is 0 Å². The first kappa shape index (κ1) is 10.6. The van der Waals surface area contributed by atoms with Gasteiger partial charge in [-0.25, -0.2) is 0 Å². The van der Waals surface area contributed by atoms with E-state index in [1.807, 2.05) is 11.0 Å². The summed E-state index contributed by atoms with van der Waals surface area (Å²) in [6, 6.07) is 6.22. The fourth-order valence-corrected chi connectivity index (χ4v) is 2.42. The highest BCUT2D eigenvalue weighted by Crippen LogP contribution is 2.27. The van der Waals surface area contributed by atoms with Crippen LogP contribution in [-0.2, 0) is 16.0 Å². The third-order valence-electron chi connectivity index (χ3n) is 3.32. The molecule has 1 fully saturated rings. The highest BCUT2D eigenvalue weighted by atomic mass is 16.5. The van der Waals surface area contributed by atoms with Crippen molar-refractivity contribution in [2.24, 2.45) is 0 Å². The lowest BCUT2D eigenvalue weighted by Crippen LogP contribution is -2.41. The second-order valence-electron chi connectivity index (χ2n) is 4.47. The smallest absolute Gasteiger partial charge is 0.253 e. The van der Waals surface area contributed by atoms with E-state index in [0.29, 0.717) is 13.2 Å². The fourth-order valence-electron chi connectivity index (χ4n) is 2.42. The second kappa shape index (κ2) is 4.37. The first-order valence-electron chi connectivity index (χ1n) is 6.09. The molecule has 2 heterocycles. The molecule has 0 unspecified atom stereocenters. The Labute approximate surface area is 101 Å². The zero-order valence-corrected chi connectivity index (χ0v) is 9.74. The molecule has 1 amide bonds. The normalized spacial score (nSPS) is 19.8. The fraction of sp³-hybridized carbons (Fsp3) is 0.462. The molecule has 2 aliphatic rings. The van der Waals surface area contributed by atoms with Crippen LogP contribution in [0.1, 0.15) is 12.0 Å². The van der Waals surface area contributed by atoms with Crippen molar-refractivity contribution in [3.8, 4) is 0 Å². The Morgan fingerprint density at radius 2 is 2.29 bits per heavy atom. The van der Waals surface area contributed by atoms with E-state index in [1.165, 1.54) is 11.3 Å². The van der Waals surface area contributed by atoms with Crippen LogP contribution >= 0.6 is 0 Å². The molecule has 0 radical (unpaired) electrons. The summed E-state index contributed by atoms with van der Waals surface area (Å²) in [5.41, 5.74) is 3.52. The van der Waals surface area contributed by atoms with Gasteiger partial charge >= 0.3 is 0 Å². The lowest BCUT2D eigenvalue weighted by Gasteiger charge is -2.28. The molecular formula is C13H16N2O2. The van der Waals surface area contributed by atoms with Crippen molar-refractivity contribution in [1.29, 1.82) is 0 Å². The highest BCUT2D eigenvalue weighted by Gasteiger charge is 2.21. The Hall–Kier alpha value is -1.55. The minimum absolute atomic E-state index is 0.0555. The maximum absolute atomic E-state index is 11.7. The van der Waals surface area contributed by atoms with Crippen molar-refractivity contribution in [3.05, 3.63) is 23.8 Å². The van der Waals surface area contributed by atoms with E-state index < -0.39 is 0 Å². The van der Waals surface area contributed by atoms with E-state index in [2.05, 4.69) is 17.4 Å². The summed E-state index contributed by atoms with van der Waals surface area (Å²) in [5, 5.41) is 3.38. The Bertz CT molecular complexity index is 445. The number of hydrogen-bond donors (Lipinski definition) is 1. The predicted molar refractivity (Wildman–Crippen MR) is 66.4 cm³/mol. The van der Waals surface area contributed by atoms with Gasteiger partial charge < -0.3 is 15.0 Å². The lowest BCUT2D eigenvalue weighted by molar-refractivity contribution is -0.125. The van der Waals surface area contributed by atoms with Crippen LogP contribution in [0.15, 0.2) is 18.2 Å². The van der Waals surface area contributed by atoms with Crippen LogP contribution in [0.4, 0.5) is 11.4 Å². The number of hydrogen-bond acceptors (Lipinski definition) is 3. The van der Waals surface area contributed by atoms with Crippen molar-refractivity contribution >= 4 is 17.3 Å². The van der Waals surface area contributed by atoms with Crippen molar-refractivity contribution in [2.45, 2.75) is 12.8 Å². The van der Waals surface area contributed by atoms with Crippen LogP contribution < -0.4 is 10.2 Å². The average molecular weight is 232 g/mol. The van der Waals surface area contributed by atoms with Gasteiger partial charge in [-0.05, 0) is 36.6 Å². The Morgan fingerprint density at radius 1 is 1.35 bits per heavy atom. The number of amides is 1. The minimum Gasteiger partial charge on any atom is -0.385 e. The Kier molecular flexibility index (Phi) is 2.73. The van der Waals surface area contributed by atoms with Gasteiger partial charge in [0.05, 0.1) is 6.61 Å². The van der Waals surface area contributed by atoms with Crippen molar-refractivity contribution in [2.75, 3.05) is 36.5 Å². The molecular weight excluding hydrogens is 216 g/mol. The zero-order chi connectivity index (χ0) is 11.7. The van der Waals surface area contributed by atoms with Gasteiger partial charge in [-0.3, -0.25) is 4.79 Å². The van der Waals surface area contributed by atoms with Gasteiger partial charge in [-0.15, -0.1) is 0 Å². The number of nitrogens with zero attached hydrogens (tertiary/aromatic N) is 1. The molecule has 1 N–H and O–H groups in total. The second-order valence-corrected chi connectivity index (χ2v) is 4.47. The summed E-state index contributed by atoms with van der Waals surface area (Å²) in [6.07, 6.45) is 2.25. The average Bonchev–Trinajstić information content (AvgIpc) is 2.39. The molecule has 0 aliphatic carbocycles. The predicted octanol–water partition coefficient (Wildman–Crippen LogP) is 1.41. The molecule has 0 spiro atoms. The van der Waals surface area contributed by atoms with Crippen LogP contribution in [0.5, 0.6) is 0 Å². The molecule has 4 nitrogen and oxygen atoms in total. The van der Waals surface area contributed by atoms with Gasteiger partial charge in [0.2, 0.25) is 0 Å². The van der Waals surface area contributed by atoms with Gasteiger partial charge in [0.1, 0.15) is 6.61 Å². The third kappa shape index (κ3) is 2.00. The quantitative estimate of drug-likeness (QED) is 0.796. The maximum atomic E-state index is 11.7. The number of anilines is 2. The molecule has 2 aliphatic heterocycles. The van der Waals surface area contributed by atoms with E-state index in [1.54, 1.807) is 0 Å². The molecule has 1 saturated heterocycles. The van der Waals surface area contributed by atoms with Gasteiger partial charge in [-0.2, -0.15) is 0 Å². The number of ether oxygens (including phenoxy) is 1. The van der Waals surface area contributed by atoms with Gasteiger partial charge in [0, 0.05) is 24.5 Å². The van der Waals surface area contributed by atoms with Gasteiger partial charge in [0.15, 0.2) is 0 Å². The van der Waals surface area contributed by atoms with Crippen molar-refractivity contribution in [1.82, 2.24) is 0 Å². The number of benzene rings is 1. The summed E-state index contributed by atoms with van der Waals surface area (Å²) >= 11 is 0. The van der Waals surface area contributed by atoms with Crippen LogP contribution in [0.2, 0.25) is 0 Å². The molecule has 4 heteroatoms. The largest absolute Gasteiger partial charge is 0.385 e. The summed E-state index contributed by atoms with van der Waals surface area (Å²) in [6.45, 7) is 2.53. The standard InChI is InChI=1S/C13H16N2O2/c16-13-9-17-7-6-15(13)11-3-4-12-10(8-11)2-1-5-14-12/h3-4,8,14H,1-2,5-7,9H2. The summed E-state index contributed by atoms with van der Waals surface area (Å²) < 4.78 is 5.14. The van der Waals surface area contributed by atoms with Crippen LogP contribution in [-0.4, -0.2) is 32.2 Å². The lowest BCUT2D eigenvalue weighted by atomic mass is 10.0. The number of carbonyl (C=O) groups is 1. The molecule has 0 atom stereocenters.